The second-order valence-electron chi connectivity index (χ2n) is 20.6. The van der Waals surface area contributed by atoms with Crippen LogP contribution in [0, 0.1) is 23.5 Å². The summed E-state index contributed by atoms with van der Waals surface area (Å²) in [6, 6.07) is 14.7. The van der Waals surface area contributed by atoms with E-state index in [4.69, 9.17) is 0 Å². The lowest BCUT2D eigenvalue weighted by Gasteiger charge is -2.51. The predicted molar refractivity (Wildman–Crippen MR) is 242 cm³/mol. The molecule has 0 bridgehead atoms. The minimum atomic E-state index is -4.58. The number of rotatable bonds is 10. The number of aromatic nitrogens is 4. The van der Waals surface area contributed by atoms with Crippen LogP contribution in [0.1, 0.15) is 99.6 Å². The summed E-state index contributed by atoms with van der Waals surface area (Å²) >= 11 is 0. The number of anilines is 2. The van der Waals surface area contributed by atoms with Gasteiger partial charge in [0.1, 0.15) is 23.3 Å². The van der Waals surface area contributed by atoms with Crippen LogP contribution in [0.15, 0.2) is 60.7 Å². The van der Waals surface area contributed by atoms with Crippen molar-refractivity contribution in [2.24, 2.45) is 25.9 Å². The summed E-state index contributed by atoms with van der Waals surface area (Å²) < 4.78 is 110. The summed E-state index contributed by atoms with van der Waals surface area (Å²) in [7, 11) is 8.72. The highest BCUT2D eigenvalue weighted by Crippen LogP contribution is 2.52. The van der Waals surface area contributed by atoms with E-state index in [-0.39, 0.29) is 40.9 Å². The monoisotopic (exact) mass is 972 g/mol. The molecule has 6 aliphatic rings. The van der Waals surface area contributed by atoms with E-state index < -0.39 is 40.4 Å². The Morgan fingerprint density at radius 3 is 1.39 bits per heavy atom. The fourth-order valence-corrected chi connectivity index (χ4v) is 11.7. The number of aryl methyl sites for hydroxylation is 2. The summed E-state index contributed by atoms with van der Waals surface area (Å²) in [5.41, 5.74) is -1.95. The molecule has 4 aromatic rings. The fraction of sp³-hybridized carbons (Fsp3) is 0.592. The van der Waals surface area contributed by atoms with Crippen molar-refractivity contribution in [3.05, 3.63) is 94.8 Å². The molecule has 2 aliphatic heterocycles. The van der Waals surface area contributed by atoms with Crippen LogP contribution in [0.3, 0.4) is 0 Å². The fourth-order valence-electron chi connectivity index (χ4n) is 11.7. The van der Waals surface area contributed by atoms with Gasteiger partial charge in [0.2, 0.25) is 0 Å². The number of carbonyl (C=O) groups is 2. The molecule has 374 valence electrons. The first-order valence-electron chi connectivity index (χ1n) is 23.8. The predicted octanol–water partition coefficient (Wildman–Crippen LogP) is 9.66. The van der Waals surface area contributed by atoms with Crippen LogP contribution in [0.4, 0.5) is 56.3 Å². The summed E-state index contributed by atoms with van der Waals surface area (Å²) in [5, 5.41) is 10.6. The maximum atomic E-state index is 14.1. The molecule has 4 amide bonds. The van der Waals surface area contributed by atoms with E-state index in [0.29, 0.717) is 89.4 Å². The number of alkyl halides is 6. The molecule has 6 fully saturated rings. The van der Waals surface area contributed by atoms with E-state index >= 15 is 0 Å². The van der Waals surface area contributed by atoms with E-state index in [1.807, 2.05) is 43.1 Å². The van der Waals surface area contributed by atoms with Crippen LogP contribution >= 0.6 is 0 Å². The Kier molecular flexibility index (Phi) is 12.4. The Balaban J connectivity index is 0.000000172. The summed E-state index contributed by atoms with van der Waals surface area (Å²) in [6.45, 7) is 1.88. The second kappa shape index (κ2) is 17.6. The average molecular weight is 973 g/mol. The number of benzene rings is 2. The van der Waals surface area contributed by atoms with Crippen LogP contribution in [0.5, 0.6) is 0 Å². The van der Waals surface area contributed by atoms with Gasteiger partial charge in [-0.15, -0.1) is 0 Å². The molecule has 4 aliphatic carbocycles. The number of nitrogens with one attached hydrogen (secondary N) is 1. The van der Waals surface area contributed by atoms with Crippen molar-refractivity contribution in [2.45, 2.75) is 112 Å². The lowest BCUT2D eigenvalue weighted by molar-refractivity contribution is -0.142. The third kappa shape index (κ3) is 9.08. The van der Waals surface area contributed by atoms with Crippen molar-refractivity contribution in [1.29, 1.82) is 0 Å². The van der Waals surface area contributed by atoms with Gasteiger partial charge >= 0.3 is 24.4 Å². The zero-order chi connectivity index (χ0) is 49.5. The van der Waals surface area contributed by atoms with Gasteiger partial charge in [-0.05, 0) is 145 Å². The largest absolute Gasteiger partial charge is 0.435 e. The number of hydrogen-bond donors (Lipinski definition) is 1. The van der Waals surface area contributed by atoms with Crippen LogP contribution in [0.2, 0.25) is 0 Å². The topological polar surface area (TPSA) is 98.0 Å². The minimum absolute atomic E-state index is 0.158. The van der Waals surface area contributed by atoms with E-state index in [0.717, 1.165) is 58.3 Å². The highest BCUT2D eigenvalue weighted by Gasteiger charge is 2.58. The first-order chi connectivity index (χ1) is 32.5. The molecule has 69 heavy (non-hydrogen) atoms. The second-order valence-corrected chi connectivity index (χ2v) is 20.6. The Morgan fingerprint density at radius 1 is 0.623 bits per heavy atom. The number of amides is 4. The van der Waals surface area contributed by atoms with Crippen molar-refractivity contribution in [3.63, 3.8) is 0 Å². The van der Waals surface area contributed by atoms with Gasteiger partial charge in [-0.25, -0.2) is 18.4 Å². The molecule has 4 heterocycles. The normalized spacial score (nSPS) is 27.6. The number of carbonyl (C=O) groups excluding carboxylic acids is 2. The van der Waals surface area contributed by atoms with Gasteiger partial charge in [0.25, 0.3) is 0 Å². The van der Waals surface area contributed by atoms with Gasteiger partial charge in [0.05, 0.1) is 24.2 Å². The van der Waals surface area contributed by atoms with Crippen molar-refractivity contribution in [3.8, 4) is 0 Å². The lowest BCUT2D eigenvalue weighted by atomic mass is 9.68. The Labute approximate surface area is 396 Å². The lowest BCUT2D eigenvalue weighted by Crippen LogP contribution is -2.55. The first kappa shape index (κ1) is 48.8. The number of urea groups is 2. The zero-order valence-corrected chi connectivity index (χ0v) is 39.6. The van der Waals surface area contributed by atoms with Gasteiger partial charge < -0.3 is 15.1 Å². The van der Waals surface area contributed by atoms with Gasteiger partial charge in [-0.3, -0.25) is 24.1 Å². The molecule has 10 rings (SSSR count). The van der Waals surface area contributed by atoms with E-state index in [1.165, 1.54) is 36.0 Å². The molecule has 1 N–H and O–H groups in total. The molecule has 12 nitrogen and oxygen atoms in total. The zero-order valence-electron chi connectivity index (χ0n) is 39.6. The molecule has 2 aromatic carbocycles. The number of nitrogens with zero attached hydrogens (tertiary/aromatic N) is 9. The van der Waals surface area contributed by atoms with Crippen molar-refractivity contribution >= 4 is 23.7 Å². The van der Waals surface area contributed by atoms with Gasteiger partial charge in [0.15, 0.2) is 11.4 Å². The van der Waals surface area contributed by atoms with Crippen LogP contribution in [0.25, 0.3) is 0 Å². The van der Waals surface area contributed by atoms with E-state index in [9.17, 15) is 44.7 Å². The summed E-state index contributed by atoms with van der Waals surface area (Å²) in [6.07, 6.45) is 0.606. The van der Waals surface area contributed by atoms with E-state index in [2.05, 4.69) is 20.4 Å². The van der Waals surface area contributed by atoms with Crippen LogP contribution in [-0.4, -0.2) is 105 Å². The van der Waals surface area contributed by atoms with Crippen LogP contribution < -0.4 is 15.1 Å². The Hall–Kier alpha value is -5.24. The molecule has 0 unspecified atom stereocenters. The number of halogens is 8. The van der Waals surface area contributed by atoms with E-state index in [1.54, 1.807) is 24.3 Å². The minimum Gasteiger partial charge on any atom is -0.317 e. The Morgan fingerprint density at radius 2 is 1.03 bits per heavy atom. The maximum absolute atomic E-state index is 14.1. The third-order valence-corrected chi connectivity index (χ3v) is 16.2. The molecule has 4 saturated carbocycles. The summed E-state index contributed by atoms with van der Waals surface area (Å²) in [4.78, 5) is 36.1. The molecule has 2 aromatic heterocycles. The SMILES string of the molecule is CN(C)C1(c2cccc(F)c2)CCC2(CC1)CN(c1cc(C(F)(F)F)nn1C)C(=O)N2CC1CC1.CNC1(c2cccc(F)c2)CCC2(CC1)CN(c1cc(C(F)(F)F)nn1C)C(=O)N2CC1CC1. The van der Waals surface area contributed by atoms with Crippen molar-refractivity contribution < 1.29 is 44.7 Å². The standard InChI is InChI=1S/C25H31F4N5O.C24H29F4N5O/c1-31(2)24(18-5-4-6-19(26)13-18)11-9-23(10-12-24)16-33(22(35)34(23)15-17-7-8-17)21-14-20(25(27,28)29)30-32(21)3;1-29-23(17-4-3-5-18(25)12-17)10-8-22(9-11-23)15-32(21(34)33(22)14-16-6-7-16)20-13-19(24(26,27)28)30-31(20)2/h4-6,13-14,17H,7-12,15-16H2,1-3H3;3-5,12-13,16,29H,6-11,14-15H2,1-2H3. The van der Waals surface area contributed by atoms with Crippen LogP contribution in [-0.2, 0) is 37.5 Å². The highest BCUT2D eigenvalue weighted by molar-refractivity contribution is 5.95. The molecular formula is C49H60F8N10O2. The summed E-state index contributed by atoms with van der Waals surface area (Å²) in [5.74, 6) is 0.633. The Bertz CT molecular complexity index is 2550. The molecular weight excluding hydrogens is 913 g/mol. The maximum Gasteiger partial charge on any atom is 0.435 e. The molecule has 20 heteroatoms. The van der Waals surface area contributed by atoms with Gasteiger partial charge in [-0.2, -0.15) is 36.5 Å². The highest BCUT2D eigenvalue weighted by atomic mass is 19.4. The van der Waals surface area contributed by atoms with Gasteiger partial charge in [-0.1, -0.05) is 24.3 Å². The number of hydrogen-bond acceptors (Lipinski definition) is 6. The van der Waals surface area contributed by atoms with Crippen molar-refractivity contribution in [2.75, 3.05) is 57.1 Å². The molecule has 0 atom stereocenters. The van der Waals surface area contributed by atoms with Gasteiger partial charge in [0, 0.05) is 50.4 Å². The first-order valence-corrected chi connectivity index (χ1v) is 23.8. The average Bonchev–Trinajstić information content (AvgIpc) is 4.19. The molecule has 2 saturated heterocycles. The quantitative estimate of drug-likeness (QED) is 0.159. The third-order valence-electron chi connectivity index (χ3n) is 16.2. The van der Waals surface area contributed by atoms with Crippen molar-refractivity contribution in [1.82, 2.24) is 39.6 Å². The molecule has 2 spiro atoms. The smallest absolute Gasteiger partial charge is 0.317 e. The molecule has 0 radical (unpaired) electrons.